The summed E-state index contributed by atoms with van der Waals surface area (Å²) in [6.45, 7) is 0.577. The molecular weight excluding hydrogens is 260 g/mol. The summed E-state index contributed by atoms with van der Waals surface area (Å²) in [6, 6.07) is 14.8. The molecular formula is C16H13ClO2. The molecule has 0 spiro atoms. The molecule has 0 N–H and O–H groups in total. The van der Waals surface area contributed by atoms with Crippen LogP contribution in [0.4, 0.5) is 0 Å². The largest absolute Gasteiger partial charge is 0.493 e. The predicted octanol–water partition coefficient (Wildman–Crippen LogP) is 4.09. The molecule has 0 aromatic heterocycles. The maximum absolute atomic E-state index is 12.6. The van der Waals surface area contributed by atoms with E-state index in [-0.39, 0.29) is 11.7 Å². The fraction of sp³-hybridized carbons (Fsp3) is 0.188. The lowest BCUT2D eigenvalue weighted by atomic mass is 9.86. The Bertz CT molecular complexity index is 622. The second kappa shape index (κ2) is 5.06. The van der Waals surface area contributed by atoms with E-state index in [1.807, 2.05) is 30.3 Å². The molecule has 3 heteroatoms. The van der Waals surface area contributed by atoms with E-state index >= 15 is 0 Å². The Morgan fingerprint density at radius 2 is 2.00 bits per heavy atom. The van der Waals surface area contributed by atoms with Gasteiger partial charge in [0.1, 0.15) is 5.75 Å². The number of ether oxygens (including phenoxy) is 1. The van der Waals surface area contributed by atoms with Crippen LogP contribution in [0.15, 0.2) is 48.5 Å². The highest BCUT2D eigenvalue weighted by Gasteiger charge is 2.28. The first-order chi connectivity index (χ1) is 9.25. The molecule has 1 aliphatic rings. The van der Waals surface area contributed by atoms with Crippen molar-refractivity contribution in [1.29, 1.82) is 0 Å². The molecule has 0 saturated heterocycles. The lowest BCUT2D eigenvalue weighted by Gasteiger charge is -2.24. The first-order valence-corrected chi connectivity index (χ1v) is 6.65. The van der Waals surface area contributed by atoms with Crippen molar-refractivity contribution in [3.05, 3.63) is 64.7 Å². The highest BCUT2D eigenvalue weighted by Crippen LogP contribution is 2.35. The van der Waals surface area contributed by atoms with Gasteiger partial charge < -0.3 is 4.74 Å². The zero-order valence-electron chi connectivity index (χ0n) is 10.3. The molecule has 0 aliphatic carbocycles. The summed E-state index contributed by atoms with van der Waals surface area (Å²) < 4.78 is 5.59. The summed E-state index contributed by atoms with van der Waals surface area (Å²) >= 11 is 5.95. The quantitative estimate of drug-likeness (QED) is 0.770. The fourth-order valence-electron chi connectivity index (χ4n) is 2.46. The first-order valence-electron chi connectivity index (χ1n) is 6.27. The summed E-state index contributed by atoms with van der Waals surface area (Å²) in [5, 5.41) is 0.589. The lowest BCUT2D eigenvalue weighted by Crippen LogP contribution is -2.21. The van der Waals surface area contributed by atoms with Gasteiger partial charge in [-0.3, -0.25) is 4.79 Å². The van der Waals surface area contributed by atoms with Gasteiger partial charge in [0.05, 0.1) is 12.5 Å². The average Bonchev–Trinajstić information content (AvgIpc) is 2.46. The van der Waals surface area contributed by atoms with E-state index in [1.165, 1.54) is 0 Å². The Morgan fingerprint density at radius 3 is 2.84 bits per heavy atom. The van der Waals surface area contributed by atoms with Crippen molar-refractivity contribution in [3.63, 3.8) is 0 Å². The summed E-state index contributed by atoms with van der Waals surface area (Å²) in [7, 11) is 0. The van der Waals surface area contributed by atoms with Crippen LogP contribution in [0.1, 0.15) is 28.3 Å². The fourth-order valence-corrected chi connectivity index (χ4v) is 2.65. The van der Waals surface area contributed by atoms with Crippen LogP contribution in [-0.4, -0.2) is 12.4 Å². The number of fused-ring (bicyclic) bond motifs is 1. The number of hydrogen-bond donors (Lipinski definition) is 0. The van der Waals surface area contributed by atoms with Gasteiger partial charge in [0.25, 0.3) is 0 Å². The maximum Gasteiger partial charge on any atom is 0.170 e. The second-order valence-corrected chi connectivity index (χ2v) is 5.04. The molecule has 0 amide bonds. The molecule has 19 heavy (non-hydrogen) atoms. The topological polar surface area (TPSA) is 26.3 Å². The summed E-state index contributed by atoms with van der Waals surface area (Å²) in [5.41, 5.74) is 1.63. The molecule has 0 radical (unpaired) electrons. The van der Waals surface area contributed by atoms with Crippen molar-refractivity contribution in [2.45, 2.75) is 12.3 Å². The van der Waals surface area contributed by atoms with Gasteiger partial charge in [-0.25, -0.2) is 0 Å². The van der Waals surface area contributed by atoms with Crippen molar-refractivity contribution < 1.29 is 9.53 Å². The molecule has 0 bridgehead atoms. The minimum atomic E-state index is -0.136. The van der Waals surface area contributed by atoms with Gasteiger partial charge in [0.15, 0.2) is 5.78 Å². The number of para-hydroxylation sites is 1. The highest BCUT2D eigenvalue weighted by molar-refractivity contribution is 6.31. The van der Waals surface area contributed by atoms with Crippen LogP contribution in [0.3, 0.4) is 0 Å². The Morgan fingerprint density at radius 1 is 1.16 bits per heavy atom. The number of benzene rings is 2. The Hall–Kier alpha value is -1.80. The molecule has 1 unspecified atom stereocenters. The van der Waals surface area contributed by atoms with Crippen LogP contribution in [0, 0.1) is 0 Å². The third kappa shape index (κ3) is 2.36. The van der Waals surface area contributed by atoms with Crippen LogP contribution in [0.25, 0.3) is 0 Å². The first kappa shape index (κ1) is 12.2. The monoisotopic (exact) mass is 272 g/mol. The molecule has 1 atom stereocenters. The van der Waals surface area contributed by atoms with E-state index in [1.54, 1.807) is 18.2 Å². The Balaban J connectivity index is 1.98. The summed E-state index contributed by atoms with van der Waals surface area (Å²) in [5.74, 6) is 0.788. The van der Waals surface area contributed by atoms with Crippen molar-refractivity contribution >= 4 is 17.4 Å². The third-order valence-electron chi connectivity index (χ3n) is 3.38. The van der Waals surface area contributed by atoms with Gasteiger partial charge in [-0.05, 0) is 24.6 Å². The van der Waals surface area contributed by atoms with Crippen molar-refractivity contribution in [2.24, 2.45) is 0 Å². The Kier molecular flexibility index (Phi) is 3.26. The smallest absolute Gasteiger partial charge is 0.170 e. The van der Waals surface area contributed by atoms with Gasteiger partial charge in [0, 0.05) is 16.1 Å². The van der Waals surface area contributed by atoms with Gasteiger partial charge in [-0.1, -0.05) is 41.9 Å². The molecule has 2 aromatic rings. The van der Waals surface area contributed by atoms with Gasteiger partial charge in [-0.2, -0.15) is 0 Å². The predicted molar refractivity (Wildman–Crippen MR) is 75.1 cm³/mol. The van der Waals surface area contributed by atoms with E-state index in [0.717, 1.165) is 11.3 Å². The van der Waals surface area contributed by atoms with Crippen LogP contribution >= 0.6 is 11.6 Å². The number of carbonyl (C=O) groups is 1. The second-order valence-electron chi connectivity index (χ2n) is 4.60. The summed E-state index contributed by atoms with van der Waals surface area (Å²) in [4.78, 5) is 12.6. The number of ketones is 1. The third-order valence-corrected chi connectivity index (χ3v) is 3.62. The SMILES string of the molecule is O=C(c1cccc(Cl)c1)C1CCOc2ccccc21. The molecule has 96 valence electrons. The zero-order valence-corrected chi connectivity index (χ0v) is 11.1. The van der Waals surface area contributed by atoms with Gasteiger partial charge in [0.2, 0.25) is 0 Å². The molecule has 2 nitrogen and oxygen atoms in total. The van der Waals surface area contributed by atoms with Crippen molar-refractivity contribution in [2.75, 3.05) is 6.61 Å². The minimum Gasteiger partial charge on any atom is -0.493 e. The number of Topliss-reactive ketones (excluding diaryl/α,β-unsaturated/α-hetero) is 1. The highest BCUT2D eigenvalue weighted by atomic mass is 35.5. The molecule has 3 rings (SSSR count). The van der Waals surface area contributed by atoms with Crippen LogP contribution in [0.5, 0.6) is 5.75 Å². The molecule has 2 aromatic carbocycles. The number of halogens is 1. The van der Waals surface area contributed by atoms with E-state index in [9.17, 15) is 4.79 Å². The number of hydrogen-bond acceptors (Lipinski definition) is 2. The van der Waals surface area contributed by atoms with Crippen molar-refractivity contribution in [3.8, 4) is 5.75 Å². The Labute approximate surface area is 117 Å². The van der Waals surface area contributed by atoms with E-state index in [0.29, 0.717) is 23.6 Å². The molecule has 1 heterocycles. The van der Waals surface area contributed by atoms with Crippen molar-refractivity contribution in [1.82, 2.24) is 0 Å². The number of carbonyl (C=O) groups excluding carboxylic acids is 1. The molecule has 0 saturated carbocycles. The van der Waals surface area contributed by atoms with E-state index < -0.39 is 0 Å². The van der Waals surface area contributed by atoms with Crippen LogP contribution < -0.4 is 4.74 Å². The van der Waals surface area contributed by atoms with Crippen LogP contribution in [-0.2, 0) is 0 Å². The average molecular weight is 273 g/mol. The van der Waals surface area contributed by atoms with Gasteiger partial charge in [-0.15, -0.1) is 0 Å². The molecule has 1 aliphatic heterocycles. The van der Waals surface area contributed by atoms with E-state index in [2.05, 4.69) is 0 Å². The van der Waals surface area contributed by atoms with Crippen LogP contribution in [0.2, 0.25) is 5.02 Å². The maximum atomic E-state index is 12.6. The lowest BCUT2D eigenvalue weighted by molar-refractivity contribution is 0.0933. The normalized spacial score (nSPS) is 17.4. The standard InChI is InChI=1S/C16H13ClO2/c17-12-5-3-4-11(10-12)16(18)14-8-9-19-15-7-2-1-6-13(14)15/h1-7,10,14H,8-9H2. The number of rotatable bonds is 2. The minimum absolute atomic E-state index is 0.109. The summed E-state index contributed by atoms with van der Waals surface area (Å²) in [6.07, 6.45) is 0.711. The van der Waals surface area contributed by atoms with E-state index in [4.69, 9.17) is 16.3 Å². The van der Waals surface area contributed by atoms with Gasteiger partial charge >= 0.3 is 0 Å². The molecule has 0 fully saturated rings. The zero-order chi connectivity index (χ0) is 13.2.